The first kappa shape index (κ1) is 12.1. The third-order valence-electron chi connectivity index (χ3n) is 1.84. The zero-order valence-corrected chi connectivity index (χ0v) is 10.4. The summed E-state index contributed by atoms with van der Waals surface area (Å²) in [6.45, 7) is 1.84. The van der Waals surface area contributed by atoms with Gasteiger partial charge in [-0.15, -0.1) is 0 Å². The Morgan fingerprint density at radius 1 is 1.21 bits per heavy atom. The summed E-state index contributed by atoms with van der Waals surface area (Å²) < 4.78 is 25.7. The van der Waals surface area contributed by atoms with E-state index in [-0.39, 0.29) is 5.56 Å². The maximum atomic E-state index is 12.2. The molecule has 78 valence electrons. The predicted molar refractivity (Wildman–Crippen MR) is 57.5 cm³/mol. The Labute approximate surface area is 97.4 Å². The number of aryl methyl sites for hydroxylation is 1. The zero-order valence-electron chi connectivity index (χ0n) is 7.27. The van der Waals surface area contributed by atoms with E-state index in [2.05, 4.69) is 31.9 Å². The number of halogens is 4. The molecule has 0 fully saturated rings. The number of hydrogen-bond donors (Lipinski definition) is 1. The van der Waals surface area contributed by atoms with E-state index in [0.29, 0.717) is 8.95 Å². The van der Waals surface area contributed by atoms with Gasteiger partial charge in [-0.1, -0.05) is 31.9 Å². The Kier molecular flexibility index (Phi) is 4.04. The molecule has 0 heterocycles. The quantitative estimate of drug-likeness (QED) is 0.874. The molecule has 0 aliphatic rings. The zero-order chi connectivity index (χ0) is 10.9. The minimum atomic E-state index is -2.78. The highest BCUT2D eigenvalue weighted by molar-refractivity contribution is 9.11. The molecule has 1 nitrogen and oxygen atoms in total. The van der Waals surface area contributed by atoms with Crippen molar-refractivity contribution in [1.29, 1.82) is 0 Å². The second kappa shape index (κ2) is 4.68. The van der Waals surface area contributed by atoms with Crippen LogP contribution >= 0.6 is 31.9 Å². The molecule has 0 aliphatic carbocycles. The van der Waals surface area contributed by atoms with Crippen LogP contribution in [0.2, 0.25) is 0 Å². The fourth-order valence-corrected chi connectivity index (χ4v) is 2.08. The van der Waals surface area contributed by atoms with Crippen LogP contribution in [0.5, 0.6) is 0 Å². The first-order chi connectivity index (χ1) is 6.43. The van der Waals surface area contributed by atoms with Crippen LogP contribution in [-0.4, -0.2) is 11.5 Å². The molecule has 0 aromatic heterocycles. The Morgan fingerprint density at radius 3 is 2.29 bits per heavy atom. The Morgan fingerprint density at radius 2 is 1.79 bits per heavy atom. The summed E-state index contributed by atoms with van der Waals surface area (Å²) in [6.07, 6.45) is -4.53. The van der Waals surface area contributed by atoms with Crippen molar-refractivity contribution in [3.05, 3.63) is 32.2 Å². The Balaban J connectivity index is 3.15. The van der Waals surface area contributed by atoms with Gasteiger partial charge < -0.3 is 5.11 Å². The molecule has 1 rings (SSSR count). The molecule has 1 atom stereocenters. The molecule has 14 heavy (non-hydrogen) atoms. The van der Waals surface area contributed by atoms with Crippen LogP contribution in [0.25, 0.3) is 0 Å². The van der Waals surface area contributed by atoms with Gasteiger partial charge in [0, 0.05) is 14.5 Å². The van der Waals surface area contributed by atoms with Crippen molar-refractivity contribution in [2.75, 3.05) is 0 Å². The van der Waals surface area contributed by atoms with Crippen molar-refractivity contribution < 1.29 is 13.9 Å². The van der Waals surface area contributed by atoms with Gasteiger partial charge in [-0.3, -0.25) is 0 Å². The highest BCUT2D eigenvalue weighted by Gasteiger charge is 2.22. The van der Waals surface area contributed by atoms with Crippen molar-refractivity contribution in [1.82, 2.24) is 0 Å². The molecule has 1 N–H and O–H groups in total. The van der Waals surface area contributed by atoms with Crippen molar-refractivity contribution in [3.63, 3.8) is 0 Å². The van der Waals surface area contributed by atoms with Crippen LogP contribution in [0.15, 0.2) is 21.1 Å². The van der Waals surface area contributed by atoms with Gasteiger partial charge in [-0.25, -0.2) is 8.78 Å². The van der Waals surface area contributed by atoms with Gasteiger partial charge in [-0.05, 0) is 24.6 Å². The monoisotopic (exact) mass is 328 g/mol. The molecule has 0 spiro atoms. The van der Waals surface area contributed by atoms with Crippen molar-refractivity contribution in [2.45, 2.75) is 19.5 Å². The van der Waals surface area contributed by atoms with E-state index in [1.54, 1.807) is 6.07 Å². The molecular weight excluding hydrogens is 322 g/mol. The number of aliphatic hydroxyl groups excluding tert-OH is 1. The summed E-state index contributed by atoms with van der Waals surface area (Å²) in [5, 5.41) is 9.19. The summed E-state index contributed by atoms with van der Waals surface area (Å²) in [5.74, 6) is 0. The van der Waals surface area contributed by atoms with E-state index in [1.165, 1.54) is 6.07 Å². The number of hydrogen-bond acceptors (Lipinski definition) is 1. The highest BCUT2D eigenvalue weighted by atomic mass is 79.9. The lowest BCUT2D eigenvalue weighted by Gasteiger charge is -2.13. The third-order valence-corrected chi connectivity index (χ3v) is 3.38. The van der Waals surface area contributed by atoms with Gasteiger partial charge in [0.25, 0.3) is 6.43 Å². The molecule has 0 radical (unpaired) electrons. The number of aliphatic hydroxyl groups is 1. The average molecular weight is 330 g/mol. The van der Waals surface area contributed by atoms with Gasteiger partial charge in [0.1, 0.15) is 6.10 Å². The summed E-state index contributed by atoms with van der Waals surface area (Å²) >= 11 is 6.36. The van der Waals surface area contributed by atoms with E-state index < -0.39 is 12.5 Å². The van der Waals surface area contributed by atoms with Gasteiger partial charge in [-0.2, -0.15) is 0 Å². The van der Waals surface area contributed by atoms with Gasteiger partial charge in [0.05, 0.1) is 0 Å². The second-order valence-electron chi connectivity index (χ2n) is 2.90. The molecule has 1 aromatic carbocycles. The minimum Gasteiger partial charge on any atom is -0.382 e. The fourth-order valence-electron chi connectivity index (χ4n) is 1.02. The Bertz CT molecular complexity index is 342. The standard InChI is InChI=1S/C9H8Br2F2O/c1-4-2-7(11)5(3-6(4)10)8(14)9(12)13/h2-3,8-9,14H,1H3. The SMILES string of the molecule is Cc1cc(Br)c(C(O)C(F)F)cc1Br. The van der Waals surface area contributed by atoms with Crippen LogP contribution in [0, 0.1) is 6.92 Å². The minimum absolute atomic E-state index is 0.192. The van der Waals surface area contributed by atoms with E-state index in [1.807, 2.05) is 6.92 Å². The molecular formula is C9H8Br2F2O. The van der Waals surface area contributed by atoms with Crippen molar-refractivity contribution in [3.8, 4) is 0 Å². The van der Waals surface area contributed by atoms with Gasteiger partial charge >= 0.3 is 0 Å². The van der Waals surface area contributed by atoms with Crippen molar-refractivity contribution >= 4 is 31.9 Å². The molecule has 0 bridgehead atoms. The van der Waals surface area contributed by atoms with Crippen LogP contribution in [0.4, 0.5) is 8.78 Å². The van der Waals surface area contributed by atoms with E-state index >= 15 is 0 Å². The summed E-state index contributed by atoms with van der Waals surface area (Å²) in [6, 6.07) is 3.18. The van der Waals surface area contributed by atoms with Crippen LogP contribution in [0.3, 0.4) is 0 Å². The summed E-state index contributed by atoms with van der Waals surface area (Å²) in [5.41, 5.74) is 1.11. The van der Waals surface area contributed by atoms with Crippen LogP contribution in [0.1, 0.15) is 17.2 Å². The molecule has 0 amide bonds. The van der Waals surface area contributed by atoms with E-state index in [9.17, 15) is 13.9 Å². The van der Waals surface area contributed by atoms with Gasteiger partial charge in [0.2, 0.25) is 0 Å². The number of benzene rings is 1. The lowest BCUT2D eigenvalue weighted by atomic mass is 10.1. The predicted octanol–water partition coefficient (Wildman–Crippen LogP) is 3.82. The molecule has 0 aliphatic heterocycles. The summed E-state index contributed by atoms with van der Waals surface area (Å²) in [7, 11) is 0. The lowest BCUT2D eigenvalue weighted by Crippen LogP contribution is -2.08. The number of alkyl halides is 2. The van der Waals surface area contributed by atoms with E-state index in [4.69, 9.17) is 0 Å². The second-order valence-corrected chi connectivity index (χ2v) is 4.61. The normalized spacial score (nSPS) is 13.4. The van der Waals surface area contributed by atoms with Crippen LogP contribution < -0.4 is 0 Å². The topological polar surface area (TPSA) is 20.2 Å². The molecule has 5 heteroatoms. The van der Waals surface area contributed by atoms with Gasteiger partial charge in [0.15, 0.2) is 0 Å². The largest absolute Gasteiger partial charge is 0.382 e. The lowest BCUT2D eigenvalue weighted by molar-refractivity contribution is -0.00621. The first-order valence-corrected chi connectivity index (χ1v) is 5.44. The maximum absolute atomic E-state index is 12.2. The smallest absolute Gasteiger partial charge is 0.268 e. The summed E-state index contributed by atoms with van der Waals surface area (Å²) in [4.78, 5) is 0. The average Bonchev–Trinajstić information content (AvgIpc) is 2.10. The molecule has 0 saturated heterocycles. The van der Waals surface area contributed by atoms with Crippen molar-refractivity contribution in [2.24, 2.45) is 0 Å². The molecule has 0 saturated carbocycles. The van der Waals surface area contributed by atoms with E-state index in [0.717, 1.165) is 5.56 Å². The number of rotatable bonds is 2. The highest BCUT2D eigenvalue weighted by Crippen LogP contribution is 2.32. The Hall–Kier alpha value is -0.000000000000000111. The molecule has 1 aromatic rings. The third kappa shape index (κ3) is 2.52. The molecule has 1 unspecified atom stereocenters. The maximum Gasteiger partial charge on any atom is 0.268 e. The first-order valence-electron chi connectivity index (χ1n) is 3.85. The van der Waals surface area contributed by atoms with Crippen LogP contribution in [-0.2, 0) is 0 Å². The fraction of sp³-hybridized carbons (Fsp3) is 0.333.